The summed E-state index contributed by atoms with van der Waals surface area (Å²) in [5, 5.41) is 8.87. The second-order valence-electron chi connectivity index (χ2n) is 10.9. The predicted molar refractivity (Wildman–Crippen MR) is 138 cm³/mol. The lowest BCUT2D eigenvalue weighted by Crippen LogP contribution is -2.60. The average molecular weight is 506 g/mol. The third-order valence-electron chi connectivity index (χ3n) is 8.22. The molecule has 1 aromatic carbocycles. The standard InChI is InChI=1S/C28H31N3O4S/c32-25(31-28-12-17-8-18(13-28)10-19(9-17)14-28)16-35-27(34)23(30-26(33)24-6-3-7-36-24)11-20-15-29-22-5-2-1-4-21(20)22/h1-7,15,17-19,23,29H,8-14,16H2,(H,30,33)(H,31,32). The van der Waals surface area contributed by atoms with E-state index in [2.05, 4.69) is 15.6 Å². The summed E-state index contributed by atoms with van der Waals surface area (Å²) in [5.74, 6) is 0.961. The molecule has 2 amide bonds. The van der Waals surface area contributed by atoms with E-state index in [9.17, 15) is 14.4 Å². The summed E-state index contributed by atoms with van der Waals surface area (Å²) in [6, 6.07) is 10.4. The highest BCUT2D eigenvalue weighted by atomic mass is 32.1. The molecule has 4 saturated carbocycles. The van der Waals surface area contributed by atoms with Crippen LogP contribution in [-0.4, -0.2) is 41.0 Å². The van der Waals surface area contributed by atoms with E-state index in [0.29, 0.717) is 22.6 Å². The van der Waals surface area contributed by atoms with Crippen molar-refractivity contribution in [2.75, 3.05) is 6.61 Å². The first kappa shape index (κ1) is 23.3. The number of rotatable bonds is 8. The van der Waals surface area contributed by atoms with Gasteiger partial charge in [0.05, 0.1) is 4.88 Å². The van der Waals surface area contributed by atoms with Crippen LogP contribution in [-0.2, 0) is 20.7 Å². The van der Waals surface area contributed by atoms with Crippen LogP contribution < -0.4 is 10.6 Å². The lowest BCUT2D eigenvalue weighted by Gasteiger charge is -2.56. The summed E-state index contributed by atoms with van der Waals surface area (Å²) in [6.07, 6.45) is 9.12. The molecule has 3 N–H and O–H groups in total. The summed E-state index contributed by atoms with van der Waals surface area (Å²) in [4.78, 5) is 42.5. The molecule has 2 heterocycles. The fourth-order valence-corrected chi connectivity index (χ4v) is 7.81. The highest BCUT2D eigenvalue weighted by molar-refractivity contribution is 7.12. The molecule has 1 atom stereocenters. The zero-order valence-electron chi connectivity index (χ0n) is 20.1. The molecule has 4 aliphatic carbocycles. The maximum atomic E-state index is 13.2. The zero-order chi connectivity index (χ0) is 24.7. The molecular weight excluding hydrogens is 474 g/mol. The number of para-hydroxylation sites is 1. The van der Waals surface area contributed by atoms with Gasteiger partial charge in [-0.15, -0.1) is 11.3 Å². The van der Waals surface area contributed by atoms with Gasteiger partial charge in [-0.1, -0.05) is 24.3 Å². The Morgan fingerprint density at radius 3 is 2.44 bits per heavy atom. The van der Waals surface area contributed by atoms with Gasteiger partial charge < -0.3 is 20.4 Å². The summed E-state index contributed by atoms with van der Waals surface area (Å²) in [5.41, 5.74) is 1.73. The number of carbonyl (C=O) groups is 3. The number of hydrogen-bond acceptors (Lipinski definition) is 5. The zero-order valence-corrected chi connectivity index (χ0v) is 20.9. The van der Waals surface area contributed by atoms with E-state index in [1.54, 1.807) is 12.1 Å². The smallest absolute Gasteiger partial charge is 0.329 e. The van der Waals surface area contributed by atoms with E-state index in [1.807, 2.05) is 35.8 Å². The van der Waals surface area contributed by atoms with Crippen LogP contribution in [0.2, 0.25) is 0 Å². The monoisotopic (exact) mass is 505 g/mol. The van der Waals surface area contributed by atoms with Gasteiger partial charge in [0.25, 0.3) is 11.8 Å². The molecule has 4 fully saturated rings. The molecule has 8 heteroatoms. The number of nitrogens with one attached hydrogen (secondary N) is 3. The Morgan fingerprint density at radius 1 is 1.03 bits per heavy atom. The quantitative estimate of drug-likeness (QED) is 0.400. The van der Waals surface area contributed by atoms with E-state index in [4.69, 9.17) is 4.74 Å². The highest BCUT2D eigenvalue weighted by Crippen LogP contribution is 2.55. The lowest BCUT2D eigenvalue weighted by molar-refractivity contribution is -0.151. The molecule has 0 radical (unpaired) electrons. The fraction of sp³-hybridized carbons (Fsp3) is 0.464. The Balaban J connectivity index is 1.12. The van der Waals surface area contributed by atoms with Gasteiger partial charge in [-0.25, -0.2) is 4.79 Å². The van der Waals surface area contributed by atoms with Gasteiger partial charge in [-0.3, -0.25) is 9.59 Å². The van der Waals surface area contributed by atoms with Crippen molar-refractivity contribution in [1.82, 2.24) is 15.6 Å². The molecule has 0 saturated heterocycles. The highest BCUT2D eigenvalue weighted by Gasteiger charge is 2.51. The minimum Gasteiger partial charge on any atom is -0.454 e. The number of benzene rings is 1. The van der Waals surface area contributed by atoms with Crippen molar-refractivity contribution in [2.24, 2.45) is 17.8 Å². The first-order chi connectivity index (χ1) is 17.5. The van der Waals surface area contributed by atoms with Crippen molar-refractivity contribution < 1.29 is 19.1 Å². The number of hydrogen-bond donors (Lipinski definition) is 3. The van der Waals surface area contributed by atoms with Crippen LogP contribution in [0.5, 0.6) is 0 Å². The number of H-pyrrole nitrogens is 1. The van der Waals surface area contributed by atoms with Crippen LogP contribution in [0, 0.1) is 17.8 Å². The Kier molecular flexibility index (Phi) is 6.07. The largest absolute Gasteiger partial charge is 0.454 e. The SMILES string of the molecule is O=C(COC(=O)C(Cc1c[nH]c2ccccc12)NC(=O)c1cccs1)NC12CC3CC(CC(C3)C1)C2. The minimum absolute atomic E-state index is 0.130. The van der Waals surface area contributed by atoms with Crippen molar-refractivity contribution in [3.63, 3.8) is 0 Å². The Labute approximate surface area is 214 Å². The molecule has 36 heavy (non-hydrogen) atoms. The molecule has 0 aliphatic heterocycles. The molecule has 7 nitrogen and oxygen atoms in total. The summed E-state index contributed by atoms with van der Waals surface area (Å²) >= 11 is 1.31. The molecule has 4 bridgehead atoms. The van der Waals surface area contributed by atoms with Crippen LogP contribution in [0.4, 0.5) is 0 Å². The summed E-state index contributed by atoms with van der Waals surface area (Å²) in [7, 11) is 0. The van der Waals surface area contributed by atoms with Gasteiger partial charge in [0.2, 0.25) is 0 Å². The van der Waals surface area contributed by atoms with E-state index in [0.717, 1.165) is 35.7 Å². The molecule has 2 aromatic heterocycles. The van der Waals surface area contributed by atoms with Crippen LogP contribution in [0.25, 0.3) is 10.9 Å². The molecule has 0 spiro atoms. The Hall–Kier alpha value is -3.13. The van der Waals surface area contributed by atoms with E-state index in [-0.39, 0.29) is 30.4 Å². The number of ether oxygens (including phenoxy) is 1. The topological polar surface area (TPSA) is 100 Å². The van der Waals surface area contributed by atoms with Crippen LogP contribution in [0.1, 0.15) is 53.8 Å². The molecule has 3 aromatic rings. The molecule has 1 unspecified atom stereocenters. The normalized spacial score (nSPS) is 27.1. The van der Waals surface area contributed by atoms with Gasteiger partial charge in [-0.05, 0) is 79.4 Å². The van der Waals surface area contributed by atoms with Gasteiger partial charge in [0.15, 0.2) is 6.61 Å². The number of amides is 2. The van der Waals surface area contributed by atoms with Crippen LogP contribution in [0.3, 0.4) is 0 Å². The predicted octanol–water partition coefficient (Wildman–Crippen LogP) is 4.20. The second kappa shape index (κ2) is 9.39. The lowest BCUT2D eigenvalue weighted by atomic mass is 9.53. The summed E-state index contributed by atoms with van der Waals surface area (Å²) in [6.45, 7) is -0.333. The molecular formula is C28H31N3O4S. The van der Waals surface area contributed by atoms with Crippen LogP contribution >= 0.6 is 11.3 Å². The molecule has 7 rings (SSSR count). The molecule has 188 valence electrons. The van der Waals surface area contributed by atoms with Gasteiger partial charge in [0.1, 0.15) is 6.04 Å². The maximum absolute atomic E-state index is 13.2. The van der Waals surface area contributed by atoms with Gasteiger partial charge in [0, 0.05) is 29.1 Å². The van der Waals surface area contributed by atoms with Crippen molar-refractivity contribution in [2.45, 2.75) is 56.5 Å². The third-order valence-corrected chi connectivity index (χ3v) is 9.09. The number of esters is 1. The number of fused-ring (bicyclic) bond motifs is 1. The Bertz CT molecular complexity index is 1250. The van der Waals surface area contributed by atoms with E-state index in [1.165, 1.54) is 30.6 Å². The van der Waals surface area contributed by atoms with Crippen molar-refractivity contribution in [1.29, 1.82) is 0 Å². The maximum Gasteiger partial charge on any atom is 0.329 e. The first-order valence-corrected chi connectivity index (χ1v) is 13.7. The Morgan fingerprint density at radius 2 is 1.75 bits per heavy atom. The third kappa shape index (κ3) is 4.66. The number of aromatic amines is 1. The fourth-order valence-electron chi connectivity index (χ4n) is 7.18. The summed E-state index contributed by atoms with van der Waals surface area (Å²) < 4.78 is 5.49. The average Bonchev–Trinajstić information content (AvgIpc) is 3.52. The number of aromatic nitrogens is 1. The van der Waals surface area contributed by atoms with E-state index >= 15 is 0 Å². The van der Waals surface area contributed by atoms with Crippen LogP contribution in [0.15, 0.2) is 48.0 Å². The number of carbonyl (C=O) groups excluding carboxylic acids is 3. The second-order valence-corrected chi connectivity index (χ2v) is 11.9. The minimum atomic E-state index is -0.911. The molecule has 4 aliphatic rings. The first-order valence-electron chi connectivity index (χ1n) is 12.8. The number of thiophene rings is 1. The van der Waals surface area contributed by atoms with E-state index < -0.39 is 12.0 Å². The van der Waals surface area contributed by atoms with Crippen molar-refractivity contribution in [3.8, 4) is 0 Å². The van der Waals surface area contributed by atoms with Crippen molar-refractivity contribution >= 4 is 40.0 Å². The van der Waals surface area contributed by atoms with Crippen molar-refractivity contribution in [3.05, 3.63) is 58.4 Å². The van der Waals surface area contributed by atoms with Gasteiger partial charge in [-0.2, -0.15) is 0 Å². The van der Waals surface area contributed by atoms with Gasteiger partial charge >= 0.3 is 5.97 Å².